The van der Waals surface area contributed by atoms with Crippen LogP contribution in [0.2, 0.25) is 0 Å². The maximum absolute atomic E-state index is 11.1. The SMILES string of the molecule is C[N+]1(C2CCCCC2)c2ccc(C=O)cc2N2C=CSC21. The lowest BCUT2D eigenvalue weighted by atomic mass is 9.92. The van der Waals surface area contributed by atoms with Crippen LogP contribution in [0.3, 0.4) is 0 Å². The lowest BCUT2D eigenvalue weighted by molar-refractivity contribution is 0.112. The normalized spacial score (nSPS) is 31.3. The van der Waals surface area contributed by atoms with Gasteiger partial charge in [-0.25, -0.2) is 0 Å². The Labute approximate surface area is 130 Å². The Morgan fingerprint density at radius 2 is 2.10 bits per heavy atom. The molecule has 0 spiro atoms. The van der Waals surface area contributed by atoms with Crippen molar-refractivity contribution in [2.45, 2.75) is 43.6 Å². The molecule has 0 amide bonds. The molecule has 3 aliphatic rings. The second-order valence-electron chi connectivity index (χ2n) is 6.46. The van der Waals surface area contributed by atoms with Crippen molar-refractivity contribution in [1.29, 1.82) is 0 Å². The van der Waals surface area contributed by atoms with Gasteiger partial charge in [0.25, 0.3) is 0 Å². The largest absolute Gasteiger partial charge is 0.298 e. The zero-order valence-corrected chi connectivity index (χ0v) is 13.2. The zero-order valence-electron chi connectivity index (χ0n) is 12.4. The molecule has 0 aromatic heterocycles. The number of fused-ring (bicyclic) bond motifs is 3. The number of hydrogen-bond donors (Lipinski definition) is 0. The van der Waals surface area contributed by atoms with Gasteiger partial charge in [-0.15, -0.1) is 0 Å². The van der Waals surface area contributed by atoms with Crippen LogP contribution in [0.15, 0.2) is 29.8 Å². The minimum absolute atomic E-state index is 0.407. The predicted molar refractivity (Wildman–Crippen MR) is 89.4 cm³/mol. The first kappa shape index (κ1) is 13.4. The molecule has 110 valence electrons. The quantitative estimate of drug-likeness (QED) is 0.606. The number of rotatable bonds is 2. The fraction of sp³-hybridized carbons (Fsp3) is 0.471. The lowest BCUT2D eigenvalue weighted by Crippen LogP contribution is -2.59. The average Bonchev–Trinajstić information content (AvgIpc) is 3.11. The van der Waals surface area contributed by atoms with Gasteiger partial charge < -0.3 is 0 Å². The number of anilines is 1. The van der Waals surface area contributed by atoms with Crippen LogP contribution < -0.4 is 9.38 Å². The molecule has 1 aromatic rings. The smallest absolute Gasteiger partial charge is 0.226 e. The van der Waals surface area contributed by atoms with Crippen LogP contribution in [-0.2, 0) is 0 Å². The van der Waals surface area contributed by atoms with E-state index in [4.69, 9.17) is 0 Å². The number of nitrogens with zero attached hydrogens (tertiary/aromatic N) is 2. The van der Waals surface area contributed by atoms with E-state index < -0.39 is 0 Å². The molecule has 2 unspecified atom stereocenters. The first-order valence-corrected chi connectivity index (χ1v) is 8.75. The number of benzene rings is 1. The van der Waals surface area contributed by atoms with Gasteiger partial charge in [0, 0.05) is 17.8 Å². The average molecular weight is 301 g/mol. The Morgan fingerprint density at radius 3 is 2.86 bits per heavy atom. The molecule has 0 bridgehead atoms. The van der Waals surface area contributed by atoms with Crippen LogP contribution in [0.25, 0.3) is 0 Å². The van der Waals surface area contributed by atoms with E-state index in [1.54, 1.807) is 0 Å². The molecular weight excluding hydrogens is 280 g/mol. The number of carbonyl (C=O) groups excluding carboxylic acids is 1. The Morgan fingerprint density at radius 1 is 1.29 bits per heavy atom. The van der Waals surface area contributed by atoms with Gasteiger partial charge in [0.05, 0.1) is 13.1 Å². The first-order chi connectivity index (χ1) is 10.2. The molecule has 2 atom stereocenters. The molecule has 0 radical (unpaired) electrons. The summed E-state index contributed by atoms with van der Waals surface area (Å²) in [6.45, 7) is 0. The number of quaternary nitrogens is 1. The Bertz CT molecular complexity index is 609. The Kier molecular flexibility index (Phi) is 3.12. The fourth-order valence-electron chi connectivity index (χ4n) is 4.24. The molecule has 0 N–H and O–H groups in total. The van der Waals surface area contributed by atoms with Gasteiger partial charge in [0.2, 0.25) is 5.50 Å². The topological polar surface area (TPSA) is 20.3 Å². The lowest BCUT2D eigenvalue weighted by Gasteiger charge is -2.43. The molecule has 4 heteroatoms. The summed E-state index contributed by atoms with van der Waals surface area (Å²) in [5.41, 5.74) is 3.79. The van der Waals surface area contributed by atoms with Gasteiger partial charge in [-0.1, -0.05) is 6.42 Å². The Hall–Kier alpha value is -1.26. The third-order valence-electron chi connectivity index (χ3n) is 5.38. The first-order valence-electron chi connectivity index (χ1n) is 7.81. The van der Waals surface area contributed by atoms with Crippen LogP contribution >= 0.6 is 11.8 Å². The van der Waals surface area contributed by atoms with Gasteiger partial charge in [0.15, 0.2) is 5.69 Å². The van der Waals surface area contributed by atoms with E-state index in [0.717, 1.165) is 16.3 Å². The van der Waals surface area contributed by atoms with Crippen molar-refractivity contribution in [1.82, 2.24) is 4.48 Å². The summed E-state index contributed by atoms with van der Waals surface area (Å²) in [7, 11) is 2.39. The number of hydrogen-bond acceptors (Lipinski definition) is 3. The van der Waals surface area contributed by atoms with E-state index in [0.29, 0.717) is 11.5 Å². The summed E-state index contributed by atoms with van der Waals surface area (Å²) >= 11 is 1.91. The van der Waals surface area contributed by atoms with Crippen molar-refractivity contribution in [3.05, 3.63) is 35.4 Å². The maximum Gasteiger partial charge on any atom is 0.226 e. The molecule has 21 heavy (non-hydrogen) atoms. The van der Waals surface area contributed by atoms with E-state index in [2.05, 4.69) is 35.7 Å². The molecular formula is C17H21N2OS+. The Balaban J connectivity index is 1.83. The molecule has 0 saturated heterocycles. The van der Waals surface area contributed by atoms with E-state index in [1.807, 2.05) is 17.8 Å². The van der Waals surface area contributed by atoms with E-state index in [1.165, 1.54) is 43.5 Å². The highest BCUT2D eigenvalue weighted by molar-refractivity contribution is 8.03. The molecule has 3 nitrogen and oxygen atoms in total. The molecule has 1 fully saturated rings. The fourth-order valence-corrected chi connectivity index (χ4v) is 5.43. The predicted octanol–water partition coefficient (Wildman–Crippen LogP) is 4.09. The molecule has 2 aliphatic heterocycles. The highest BCUT2D eigenvalue weighted by atomic mass is 32.2. The van der Waals surface area contributed by atoms with Crippen molar-refractivity contribution in [3.8, 4) is 0 Å². The number of aldehydes is 1. The monoisotopic (exact) mass is 301 g/mol. The standard InChI is InChI=1S/C17H21N2OS/c1-19(14-5-3-2-4-6-14)16-8-7-13(12-20)11-15(16)18-9-10-21-17(18)19/h7-12,14,17H,2-6H2,1H3/q+1. The van der Waals surface area contributed by atoms with Gasteiger partial charge in [0.1, 0.15) is 12.0 Å². The van der Waals surface area contributed by atoms with Crippen LogP contribution in [0, 0.1) is 0 Å². The number of thioether (sulfide) groups is 1. The zero-order chi connectivity index (χ0) is 14.4. The van der Waals surface area contributed by atoms with E-state index in [-0.39, 0.29) is 0 Å². The summed E-state index contributed by atoms with van der Waals surface area (Å²) in [5, 5.41) is 2.19. The minimum Gasteiger partial charge on any atom is -0.298 e. The van der Waals surface area contributed by atoms with Crippen LogP contribution in [0.1, 0.15) is 42.5 Å². The van der Waals surface area contributed by atoms with Gasteiger partial charge in [-0.2, -0.15) is 0 Å². The molecule has 1 aromatic carbocycles. The summed E-state index contributed by atoms with van der Waals surface area (Å²) in [6.07, 6.45) is 9.84. The van der Waals surface area contributed by atoms with Crippen molar-refractivity contribution < 1.29 is 4.79 Å². The maximum atomic E-state index is 11.1. The van der Waals surface area contributed by atoms with Crippen LogP contribution in [0.5, 0.6) is 0 Å². The second-order valence-corrected chi connectivity index (χ2v) is 7.43. The number of carbonyl (C=O) groups is 1. The molecule has 1 saturated carbocycles. The molecule has 4 rings (SSSR count). The summed E-state index contributed by atoms with van der Waals surface area (Å²) in [6, 6.07) is 6.90. The van der Waals surface area contributed by atoms with Crippen molar-refractivity contribution in [3.63, 3.8) is 0 Å². The summed E-state index contributed by atoms with van der Waals surface area (Å²) in [5.74, 6) is 0. The summed E-state index contributed by atoms with van der Waals surface area (Å²) in [4.78, 5) is 13.5. The van der Waals surface area contributed by atoms with Crippen molar-refractivity contribution in [2.75, 3.05) is 11.9 Å². The van der Waals surface area contributed by atoms with Gasteiger partial charge in [-0.3, -0.25) is 14.2 Å². The highest BCUT2D eigenvalue weighted by Crippen LogP contribution is 2.53. The van der Waals surface area contributed by atoms with Gasteiger partial charge in [-0.05, 0) is 55.0 Å². The third-order valence-corrected chi connectivity index (χ3v) is 6.57. The summed E-state index contributed by atoms with van der Waals surface area (Å²) < 4.78 is 0.992. The van der Waals surface area contributed by atoms with E-state index >= 15 is 0 Å². The third kappa shape index (κ3) is 1.82. The van der Waals surface area contributed by atoms with Crippen LogP contribution in [-0.4, -0.2) is 24.9 Å². The van der Waals surface area contributed by atoms with Crippen molar-refractivity contribution in [2.24, 2.45) is 0 Å². The molecule has 1 aliphatic carbocycles. The van der Waals surface area contributed by atoms with Crippen LogP contribution in [0.4, 0.5) is 11.4 Å². The molecule has 2 heterocycles. The van der Waals surface area contributed by atoms with Crippen molar-refractivity contribution >= 4 is 29.4 Å². The minimum atomic E-state index is 0.407. The van der Waals surface area contributed by atoms with Gasteiger partial charge >= 0.3 is 0 Å². The highest BCUT2D eigenvalue weighted by Gasteiger charge is 2.53. The van der Waals surface area contributed by atoms with E-state index in [9.17, 15) is 4.79 Å². The second kappa shape index (κ2) is 4.89.